The van der Waals surface area contributed by atoms with Gasteiger partial charge in [0.2, 0.25) is 0 Å². The van der Waals surface area contributed by atoms with Crippen LogP contribution in [0.3, 0.4) is 0 Å². The van der Waals surface area contributed by atoms with E-state index in [0.29, 0.717) is 0 Å². The SMILES string of the molecule is CCCc1nnsc1C(Cc1ccc(F)cc1C)NC. The lowest BCUT2D eigenvalue weighted by Gasteiger charge is -2.16. The van der Waals surface area contributed by atoms with Gasteiger partial charge in [-0.25, -0.2) is 4.39 Å². The Morgan fingerprint density at radius 2 is 2.20 bits per heavy atom. The van der Waals surface area contributed by atoms with Crippen LogP contribution in [0.1, 0.15) is 41.1 Å². The Morgan fingerprint density at radius 1 is 1.40 bits per heavy atom. The number of hydrogen-bond acceptors (Lipinski definition) is 4. The second-order valence-electron chi connectivity index (χ2n) is 4.95. The summed E-state index contributed by atoms with van der Waals surface area (Å²) in [6, 6.07) is 5.15. The van der Waals surface area contributed by atoms with Gasteiger partial charge in [-0.1, -0.05) is 23.9 Å². The first kappa shape index (κ1) is 15.1. The van der Waals surface area contributed by atoms with Crippen molar-refractivity contribution >= 4 is 11.5 Å². The standard InChI is InChI=1S/C15H20FN3S/c1-4-5-13-15(20-19-18-13)14(17-3)9-11-6-7-12(16)8-10(11)2/h6-8,14,17H,4-5,9H2,1-3H3. The molecule has 20 heavy (non-hydrogen) atoms. The molecule has 1 heterocycles. The largest absolute Gasteiger partial charge is 0.312 e. The number of halogens is 1. The Bertz CT molecular complexity index is 568. The molecular weight excluding hydrogens is 273 g/mol. The average molecular weight is 293 g/mol. The fourth-order valence-electron chi connectivity index (χ4n) is 2.32. The van der Waals surface area contributed by atoms with Gasteiger partial charge in [-0.05, 0) is 61.6 Å². The van der Waals surface area contributed by atoms with E-state index < -0.39 is 0 Å². The summed E-state index contributed by atoms with van der Waals surface area (Å²) in [7, 11) is 1.94. The maximum absolute atomic E-state index is 13.2. The van der Waals surface area contributed by atoms with Crippen molar-refractivity contribution in [1.82, 2.24) is 14.9 Å². The molecule has 108 valence electrons. The third kappa shape index (κ3) is 3.41. The minimum absolute atomic E-state index is 0.181. The van der Waals surface area contributed by atoms with Crippen LogP contribution < -0.4 is 5.32 Å². The Balaban J connectivity index is 2.22. The number of nitrogens with zero attached hydrogens (tertiary/aromatic N) is 2. The van der Waals surface area contributed by atoms with Gasteiger partial charge in [-0.15, -0.1) is 5.10 Å². The van der Waals surface area contributed by atoms with Gasteiger partial charge in [0.1, 0.15) is 5.82 Å². The summed E-state index contributed by atoms with van der Waals surface area (Å²) in [5.74, 6) is -0.182. The molecule has 1 unspecified atom stereocenters. The van der Waals surface area contributed by atoms with Gasteiger partial charge in [0.15, 0.2) is 0 Å². The molecule has 0 bridgehead atoms. The number of likely N-dealkylation sites (N-methyl/N-ethyl adjacent to an activating group) is 1. The van der Waals surface area contributed by atoms with Crippen LogP contribution in [0.25, 0.3) is 0 Å². The van der Waals surface area contributed by atoms with E-state index in [1.807, 2.05) is 20.0 Å². The highest BCUT2D eigenvalue weighted by Gasteiger charge is 2.18. The average Bonchev–Trinajstić information content (AvgIpc) is 2.87. The van der Waals surface area contributed by atoms with Crippen LogP contribution in [0.5, 0.6) is 0 Å². The van der Waals surface area contributed by atoms with Gasteiger partial charge in [-0.3, -0.25) is 0 Å². The molecule has 0 saturated carbocycles. The minimum atomic E-state index is -0.182. The van der Waals surface area contributed by atoms with E-state index >= 15 is 0 Å². The van der Waals surface area contributed by atoms with E-state index in [0.717, 1.165) is 36.1 Å². The van der Waals surface area contributed by atoms with Crippen LogP contribution in [0.2, 0.25) is 0 Å². The van der Waals surface area contributed by atoms with Crippen molar-refractivity contribution in [3.05, 3.63) is 45.7 Å². The van der Waals surface area contributed by atoms with Crippen molar-refractivity contribution < 1.29 is 4.39 Å². The topological polar surface area (TPSA) is 37.8 Å². The maximum atomic E-state index is 13.2. The van der Waals surface area contributed by atoms with E-state index in [9.17, 15) is 4.39 Å². The summed E-state index contributed by atoms with van der Waals surface area (Å²) in [5, 5.41) is 7.55. The first-order chi connectivity index (χ1) is 9.65. The molecule has 0 amide bonds. The highest BCUT2D eigenvalue weighted by molar-refractivity contribution is 7.05. The highest BCUT2D eigenvalue weighted by atomic mass is 32.1. The number of rotatable bonds is 6. The van der Waals surface area contributed by atoms with Gasteiger partial charge >= 0.3 is 0 Å². The predicted octanol–water partition coefficient (Wildman–Crippen LogP) is 3.44. The molecule has 1 atom stereocenters. The monoisotopic (exact) mass is 293 g/mol. The smallest absolute Gasteiger partial charge is 0.123 e. The molecule has 2 rings (SSSR count). The molecule has 0 aliphatic rings. The van der Waals surface area contributed by atoms with Gasteiger partial charge < -0.3 is 5.32 Å². The molecule has 0 aliphatic heterocycles. The third-order valence-electron chi connectivity index (χ3n) is 3.47. The van der Waals surface area contributed by atoms with Gasteiger partial charge in [0.25, 0.3) is 0 Å². The van der Waals surface area contributed by atoms with Crippen LogP contribution in [-0.2, 0) is 12.8 Å². The van der Waals surface area contributed by atoms with Crippen LogP contribution in [0.4, 0.5) is 4.39 Å². The molecule has 1 aromatic carbocycles. The lowest BCUT2D eigenvalue weighted by Crippen LogP contribution is -2.19. The zero-order valence-corrected chi connectivity index (χ0v) is 12.9. The zero-order valence-electron chi connectivity index (χ0n) is 12.1. The van der Waals surface area contributed by atoms with Crippen molar-refractivity contribution in [3.8, 4) is 0 Å². The van der Waals surface area contributed by atoms with Crippen molar-refractivity contribution in [2.45, 2.75) is 39.2 Å². The van der Waals surface area contributed by atoms with Gasteiger partial charge in [0, 0.05) is 6.04 Å². The van der Waals surface area contributed by atoms with Crippen molar-refractivity contribution in [1.29, 1.82) is 0 Å². The van der Waals surface area contributed by atoms with Crippen LogP contribution in [-0.4, -0.2) is 16.6 Å². The normalized spacial score (nSPS) is 12.6. The molecule has 1 N–H and O–H groups in total. The quantitative estimate of drug-likeness (QED) is 0.886. The lowest BCUT2D eigenvalue weighted by atomic mass is 9.99. The second-order valence-corrected chi connectivity index (χ2v) is 5.74. The van der Waals surface area contributed by atoms with Crippen LogP contribution in [0.15, 0.2) is 18.2 Å². The third-order valence-corrected chi connectivity index (χ3v) is 4.35. The molecule has 0 spiro atoms. The number of benzene rings is 1. The summed E-state index contributed by atoms with van der Waals surface area (Å²) in [6.07, 6.45) is 2.83. The Morgan fingerprint density at radius 3 is 2.85 bits per heavy atom. The number of hydrogen-bond donors (Lipinski definition) is 1. The molecule has 5 heteroatoms. The predicted molar refractivity (Wildman–Crippen MR) is 80.5 cm³/mol. The number of aromatic nitrogens is 2. The molecule has 0 radical (unpaired) electrons. The fraction of sp³-hybridized carbons (Fsp3) is 0.467. The molecule has 0 saturated heterocycles. The van der Waals surface area contributed by atoms with E-state index in [4.69, 9.17) is 0 Å². The first-order valence-electron chi connectivity index (χ1n) is 6.89. The summed E-state index contributed by atoms with van der Waals surface area (Å²) in [5.41, 5.74) is 3.22. The molecule has 0 aliphatic carbocycles. The van der Waals surface area contributed by atoms with E-state index in [-0.39, 0.29) is 11.9 Å². The fourth-order valence-corrected chi connectivity index (χ4v) is 3.13. The first-order valence-corrected chi connectivity index (χ1v) is 7.66. The summed E-state index contributed by atoms with van der Waals surface area (Å²) < 4.78 is 17.3. The van der Waals surface area contributed by atoms with Crippen molar-refractivity contribution in [3.63, 3.8) is 0 Å². The van der Waals surface area contributed by atoms with Gasteiger partial charge in [0.05, 0.1) is 10.6 Å². The summed E-state index contributed by atoms with van der Waals surface area (Å²) in [4.78, 5) is 1.19. The maximum Gasteiger partial charge on any atom is 0.123 e. The van der Waals surface area contributed by atoms with E-state index in [1.54, 1.807) is 6.07 Å². The molecule has 1 aromatic heterocycles. The Kier molecular flexibility index (Phi) is 5.20. The van der Waals surface area contributed by atoms with Crippen LogP contribution in [0, 0.1) is 12.7 Å². The van der Waals surface area contributed by atoms with Crippen molar-refractivity contribution in [2.75, 3.05) is 7.05 Å². The molecule has 3 nitrogen and oxygen atoms in total. The van der Waals surface area contributed by atoms with Crippen molar-refractivity contribution in [2.24, 2.45) is 0 Å². The summed E-state index contributed by atoms with van der Waals surface area (Å²) >= 11 is 1.45. The molecular formula is C15H20FN3S. The van der Waals surface area contributed by atoms with E-state index in [2.05, 4.69) is 21.8 Å². The lowest BCUT2D eigenvalue weighted by molar-refractivity contribution is 0.588. The number of aryl methyl sites for hydroxylation is 2. The Labute approximate surface area is 123 Å². The minimum Gasteiger partial charge on any atom is -0.312 e. The summed E-state index contributed by atoms with van der Waals surface area (Å²) in [6.45, 7) is 4.09. The molecule has 2 aromatic rings. The number of nitrogens with one attached hydrogen (secondary N) is 1. The molecule has 0 fully saturated rings. The second kappa shape index (κ2) is 6.90. The highest BCUT2D eigenvalue weighted by Crippen LogP contribution is 2.26. The Hall–Kier alpha value is -1.33. The van der Waals surface area contributed by atoms with E-state index in [1.165, 1.54) is 22.5 Å². The van der Waals surface area contributed by atoms with Crippen LogP contribution >= 0.6 is 11.5 Å². The zero-order chi connectivity index (χ0) is 14.5. The van der Waals surface area contributed by atoms with Gasteiger partial charge in [-0.2, -0.15) is 0 Å².